The van der Waals surface area contributed by atoms with E-state index in [4.69, 9.17) is 0 Å². The lowest BCUT2D eigenvalue weighted by Crippen LogP contribution is -2.05. The number of aromatic amines is 1. The van der Waals surface area contributed by atoms with Gasteiger partial charge < -0.3 is 15.6 Å². The fraction of sp³-hybridized carbons (Fsp3) is 0.222. The van der Waals surface area contributed by atoms with Gasteiger partial charge in [0.15, 0.2) is 0 Å². The molecule has 0 unspecified atom stereocenters. The van der Waals surface area contributed by atoms with Crippen LogP contribution in [-0.2, 0) is 6.54 Å². The van der Waals surface area contributed by atoms with Crippen molar-refractivity contribution in [2.45, 2.75) is 6.54 Å². The highest BCUT2D eigenvalue weighted by molar-refractivity contribution is 7.07. The van der Waals surface area contributed by atoms with Gasteiger partial charge in [-0.15, -0.1) is 0 Å². The summed E-state index contributed by atoms with van der Waals surface area (Å²) in [6.07, 6.45) is 3.27. The van der Waals surface area contributed by atoms with Crippen molar-refractivity contribution in [2.75, 3.05) is 17.7 Å². The molecular weight excluding hydrogens is 226 g/mol. The molecular formula is C9H11N5OS. The average Bonchev–Trinajstić information content (AvgIpc) is 2.73. The van der Waals surface area contributed by atoms with Gasteiger partial charge >= 0.3 is 4.87 Å². The van der Waals surface area contributed by atoms with E-state index >= 15 is 0 Å². The van der Waals surface area contributed by atoms with Crippen molar-refractivity contribution in [2.24, 2.45) is 0 Å². The topological polar surface area (TPSA) is 82.7 Å². The molecule has 2 heterocycles. The van der Waals surface area contributed by atoms with Gasteiger partial charge in [0.1, 0.15) is 11.6 Å². The molecule has 0 bridgehead atoms. The van der Waals surface area contributed by atoms with Crippen LogP contribution in [0.25, 0.3) is 0 Å². The summed E-state index contributed by atoms with van der Waals surface area (Å²) < 4.78 is 0. The Morgan fingerprint density at radius 2 is 2.25 bits per heavy atom. The number of H-pyrrole nitrogens is 1. The summed E-state index contributed by atoms with van der Waals surface area (Å²) in [5.41, 5.74) is 0.840. The Morgan fingerprint density at radius 1 is 1.44 bits per heavy atom. The Bertz CT molecular complexity index is 520. The van der Waals surface area contributed by atoms with Gasteiger partial charge in [0.2, 0.25) is 0 Å². The summed E-state index contributed by atoms with van der Waals surface area (Å²) in [6.45, 7) is 0.528. The summed E-state index contributed by atoms with van der Waals surface area (Å²) in [4.78, 5) is 21.8. The van der Waals surface area contributed by atoms with Crippen molar-refractivity contribution in [3.8, 4) is 0 Å². The number of anilines is 2. The van der Waals surface area contributed by atoms with Crippen LogP contribution in [-0.4, -0.2) is 22.0 Å². The number of hydrogen-bond donors (Lipinski definition) is 3. The highest BCUT2D eigenvalue weighted by Crippen LogP contribution is 2.07. The maximum Gasteiger partial charge on any atom is 0.304 e. The van der Waals surface area contributed by atoms with Crippen molar-refractivity contribution >= 4 is 23.0 Å². The minimum Gasteiger partial charge on any atom is -0.372 e. The van der Waals surface area contributed by atoms with Crippen LogP contribution >= 0.6 is 11.3 Å². The third-order valence-electron chi connectivity index (χ3n) is 1.92. The first-order chi connectivity index (χ1) is 7.78. The van der Waals surface area contributed by atoms with Crippen molar-refractivity contribution in [1.82, 2.24) is 15.0 Å². The minimum absolute atomic E-state index is 0.0492. The monoisotopic (exact) mass is 237 g/mol. The summed E-state index contributed by atoms with van der Waals surface area (Å²) in [5, 5.41) is 7.75. The zero-order valence-electron chi connectivity index (χ0n) is 8.65. The van der Waals surface area contributed by atoms with Gasteiger partial charge in [-0.1, -0.05) is 11.3 Å². The maximum atomic E-state index is 10.9. The van der Waals surface area contributed by atoms with Crippen LogP contribution in [0.4, 0.5) is 11.6 Å². The second-order valence-corrected chi connectivity index (χ2v) is 3.91. The Hall–Kier alpha value is -1.89. The van der Waals surface area contributed by atoms with Gasteiger partial charge in [-0.3, -0.25) is 9.78 Å². The van der Waals surface area contributed by atoms with Crippen molar-refractivity contribution in [3.05, 3.63) is 33.1 Å². The van der Waals surface area contributed by atoms with Crippen molar-refractivity contribution in [3.63, 3.8) is 0 Å². The van der Waals surface area contributed by atoms with E-state index < -0.39 is 0 Å². The van der Waals surface area contributed by atoms with E-state index in [0.717, 1.165) is 17.0 Å². The molecule has 16 heavy (non-hydrogen) atoms. The molecule has 7 heteroatoms. The normalized spacial score (nSPS) is 10.1. The number of rotatable bonds is 4. The minimum atomic E-state index is -0.0492. The fourth-order valence-corrected chi connectivity index (χ4v) is 1.74. The first-order valence-corrected chi connectivity index (χ1v) is 5.56. The van der Waals surface area contributed by atoms with Gasteiger partial charge in [0.05, 0.1) is 18.9 Å². The Kier molecular flexibility index (Phi) is 3.16. The molecule has 2 aromatic rings. The molecule has 0 atom stereocenters. The molecule has 0 spiro atoms. The van der Waals surface area contributed by atoms with E-state index in [1.807, 2.05) is 0 Å². The fourth-order valence-electron chi connectivity index (χ4n) is 1.16. The van der Waals surface area contributed by atoms with Crippen LogP contribution in [0.5, 0.6) is 0 Å². The Balaban J connectivity index is 2.01. The van der Waals surface area contributed by atoms with Gasteiger partial charge in [-0.25, -0.2) is 4.98 Å². The second-order valence-electron chi connectivity index (χ2n) is 3.07. The lowest BCUT2D eigenvalue weighted by molar-refractivity contribution is 1.03. The zero-order valence-corrected chi connectivity index (χ0v) is 9.47. The van der Waals surface area contributed by atoms with Crippen molar-refractivity contribution < 1.29 is 0 Å². The third-order valence-corrected chi connectivity index (χ3v) is 2.64. The Labute approximate surface area is 95.8 Å². The Morgan fingerprint density at radius 3 is 2.94 bits per heavy atom. The third kappa shape index (κ3) is 2.57. The molecule has 3 N–H and O–H groups in total. The zero-order chi connectivity index (χ0) is 11.4. The molecule has 0 aliphatic carbocycles. The molecule has 0 amide bonds. The van der Waals surface area contributed by atoms with Crippen LogP contribution in [0.15, 0.2) is 22.6 Å². The quantitative estimate of drug-likeness (QED) is 0.735. The van der Waals surface area contributed by atoms with Gasteiger partial charge in [-0.2, -0.15) is 0 Å². The van der Waals surface area contributed by atoms with Gasteiger partial charge in [-0.05, 0) is 0 Å². The number of thiazole rings is 1. The maximum absolute atomic E-state index is 10.9. The highest BCUT2D eigenvalue weighted by atomic mass is 32.1. The highest BCUT2D eigenvalue weighted by Gasteiger charge is 1.99. The van der Waals surface area contributed by atoms with Crippen LogP contribution in [0, 0.1) is 0 Å². The molecule has 2 rings (SSSR count). The van der Waals surface area contributed by atoms with E-state index in [9.17, 15) is 4.79 Å². The van der Waals surface area contributed by atoms with E-state index in [1.54, 1.807) is 24.8 Å². The molecule has 0 fully saturated rings. The number of aromatic nitrogens is 3. The summed E-state index contributed by atoms with van der Waals surface area (Å²) >= 11 is 1.15. The second kappa shape index (κ2) is 4.75. The smallest absolute Gasteiger partial charge is 0.304 e. The van der Waals surface area contributed by atoms with Crippen LogP contribution in [0.1, 0.15) is 5.69 Å². The van der Waals surface area contributed by atoms with Crippen LogP contribution < -0.4 is 15.5 Å². The molecule has 0 aliphatic heterocycles. The number of hydrogen-bond acceptors (Lipinski definition) is 6. The molecule has 0 saturated carbocycles. The molecule has 0 aliphatic rings. The van der Waals surface area contributed by atoms with Gasteiger partial charge in [0.25, 0.3) is 0 Å². The summed E-state index contributed by atoms with van der Waals surface area (Å²) in [5.74, 6) is 1.36. The lowest BCUT2D eigenvalue weighted by atomic mass is 10.5. The van der Waals surface area contributed by atoms with E-state index in [2.05, 4.69) is 25.6 Å². The van der Waals surface area contributed by atoms with Crippen molar-refractivity contribution in [1.29, 1.82) is 0 Å². The predicted molar refractivity (Wildman–Crippen MR) is 63.8 cm³/mol. The summed E-state index contributed by atoms with van der Waals surface area (Å²) in [6, 6.07) is 0. The standard InChI is InChI=1S/C9H11N5OS/c1-10-7-3-11-4-8(14-7)12-2-6-5-16-9(15)13-6/h3-5H,2H2,1H3,(H,13,15)(H2,10,12,14). The SMILES string of the molecule is CNc1cncc(NCc2csc(=O)[nH]2)n1. The molecule has 84 valence electrons. The number of nitrogens with one attached hydrogen (secondary N) is 3. The first kappa shape index (κ1) is 10.6. The first-order valence-electron chi connectivity index (χ1n) is 4.68. The largest absolute Gasteiger partial charge is 0.372 e. The average molecular weight is 237 g/mol. The van der Waals surface area contributed by atoms with Crippen LogP contribution in [0.3, 0.4) is 0 Å². The van der Waals surface area contributed by atoms with Crippen LogP contribution in [0.2, 0.25) is 0 Å². The molecule has 0 saturated heterocycles. The van der Waals surface area contributed by atoms with E-state index in [0.29, 0.717) is 18.2 Å². The van der Waals surface area contributed by atoms with Gasteiger partial charge in [0, 0.05) is 18.1 Å². The number of nitrogens with zero attached hydrogens (tertiary/aromatic N) is 2. The molecule has 0 radical (unpaired) electrons. The molecule has 6 nitrogen and oxygen atoms in total. The summed E-state index contributed by atoms with van der Waals surface area (Å²) in [7, 11) is 1.78. The molecule has 0 aromatic carbocycles. The van der Waals surface area contributed by atoms with E-state index in [1.165, 1.54) is 0 Å². The molecule has 2 aromatic heterocycles. The lowest BCUT2D eigenvalue weighted by Gasteiger charge is -2.04. The predicted octanol–water partition coefficient (Wildman–Crippen LogP) is 0.880. The van der Waals surface area contributed by atoms with E-state index in [-0.39, 0.29) is 4.87 Å².